The van der Waals surface area contributed by atoms with Gasteiger partial charge in [0, 0.05) is 31.4 Å². The second kappa shape index (κ2) is 15.5. The largest absolute Gasteiger partial charge is 0.497 e. The van der Waals surface area contributed by atoms with Crippen molar-refractivity contribution >= 4 is 25.8 Å². The molecule has 3 atom stereocenters. The Kier molecular flexibility index (Phi) is 13.0. The van der Waals surface area contributed by atoms with E-state index in [0.717, 1.165) is 5.56 Å². The Labute approximate surface area is 238 Å². The van der Waals surface area contributed by atoms with E-state index in [1.165, 1.54) is 18.9 Å². The van der Waals surface area contributed by atoms with E-state index in [1.54, 1.807) is 38.1 Å². The van der Waals surface area contributed by atoms with Crippen LogP contribution in [0.4, 0.5) is 0 Å². The highest BCUT2D eigenvalue weighted by atomic mass is 32.2. The van der Waals surface area contributed by atoms with E-state index in [2.05, 4.69) is 4.72 Å². The third-order valence-electron chi connectivity index (χ3n) is 6.38. The highest BCUT2D eigenvalue weighted by Crippen LogP contribution is 2.18. The number of hydrogen-bond donors (Lipinski definition) is 3. The SMILES string of the molecule is CCS(=O)(=O)CC(CNS(=O)(=O)CC(C)C)C(=O)N(Cc1cccc(OC)c1)C[C@@H](O)[C@@H](N)Cc1ccccc1. The first-order valence-electron chi connectivity index (χ1n) is 13.3. The average Bonchev–Trinajstić information content (AvgIpc) is 2.90. The van der Waals surface area contributed by atoms with Crippen molar-refractivity contribution in [2.45, 2.75) is 45.9 Å². The Morgan fingerprint density at radius 2 is 1.68 bits per heavy atom. The topological polar surface area (TPSA) is 156 Å². The van der Waals surface area contributed by atoms with E-state index in [-0.39, 0.29) is 37.1 Å². The van der Waals surface area contributed by atoms with Crippen LogP contribution in [0.15, 0.2) is 54.6 Å². The summed E-state index contributed by atoms with van der Waals surface area (Å²) >= 11 is 0. The lowest BCUT2D eigenvalue weighted by molar-refractivity contribution is -0.137. The smallest absolute Gasteiger partial charge is 0.228 e. The lowest BCUT2D eigenvalue weighted by Crippen LogP contribution is -2.50. The van der Waals surface area contributed by atoms with Gasteiger partial charge in [0.2, 0.25) is 15.9 Å². The molecule has 0 saturated heterocycles. The molecule has 2 aromatic carbocycles. The maximum absolute atomic E-state index is 13.9. The van der Waals surface area contributed by atoms with Gasteiger partial charge in [0.1, 0.15) is 5.75 Å². The quantitative estimate of drug-likeness (QED) is 0.248. The molecule has 224 valence electrons. The number of nitrogens with one attached hydrogen (secondary N) is 1. The molecule has 0 bridgehead atoms. The highest BCUT2D eigenvalue weighted by Gasteiger charge is 2.32. The summed E-state index contributed by atoms with van der Waals surface area (Å²) in [4.78, 5) is 15.2. The minimum absolute atomic E-state index is 0.0343. The molecule has 0 spiro atoms. The number of aliphatic hydroxyl groups is 1. The number of aliphatic hydroxyl groups excluding tert-OH is 1. The first-order valence-corrected chi connectivity index (χ1v) is 16.8. The van der Waals surface area contributed by atoms with E-state index in [0.29, 0.717) is 17.7 Å². The van der Waals surface area contributed by atoms with Gasteiger partial charge in [-0.2, -0.15) is 0 Å². The number of amides is 1. The Bertz CT molecular complexity index is 1290. The molecule has 2 aromatic rings. The summed E-state index contributed by atoms with van der Waals surface area (Å²) in [5.74, 6) is -2.28. The van der Waals surface area contributed by atoms with Crippen LogP contribution in [-0.2, 0) is 37.6 Å². The molecule has 4 N–H and O–H groups in total. The molecule has 0 aliphatic carbocycles. The number of benzene rings is 2. The van der Waals surface area contributed by atoms with E-state index in [9.17, 15) is 26.7 Å². The van der Waals surface area contributed by atoms with Crippen LogP contribution in [0.25, 0.3) is 0 Å². The van der Waals surface area contributed by atoms with Crippen LogP contribution in [0.2, 0.25) is 0 Å². The fourth-order valence-electron chi connectivity index (χ4n) is 4.23. The number of carbonyl (C=O) groups excluding carboxylic acids is 1. The second-order valence-corrected chi connectivity index (χ2v) is 14.7. The summed E-state index contributed by atoms with van der Waals surface area (Å²) in [6.07, 6.45) is -0.762. The van der Waals surface area contributed by atoms with Crippen LogP contribution in [-0.4, -0.2) is 82.4 Å². The molecule has 0 aromatic heterocycles. The van der Waals surface area contributed by atoms with Gasteiger partial charge >= 0.3 is 0 Å². The number of rotatable bonds is 17. The lowest BCUT2D eigenvalue weighted by atomic mass is 10.0. The molecular weight excluding hydrogens is 554 g/mol. The molecule has 0 aliphatic heterocycles. The van der Waals surface area contributed by atoms with Gasteiger partial charge < -0.3 is 20.5 Å². The van der Waals surface area contributed by atoms with Gasteiger partial charge in [0.15, 0.2) is 9.84 Å². The van der Waals surface area contributed by atoms with E-state index in [1.807, 2.05) is 30.3 Å². The molecule has 0 saturated carbocycles. The number of sulfone groups is 1. The van der Waals surface area contributed by atoms with Gasteiger partial charge in [-0.05, 0) is 35.6 Å². The van der Waals surface area contributed by atoms with Gasteiger partial charge in [0.05, 0.1) is 30.6 Å². The van der Waals surface area contributed by atoms with Crippen LogP contribution in [0.5, 0.6) is 5.75 Å². The predicted molar refractivity (Wildman–Crippen MR) is 157 cm³/mol. The number of hydrogen-bond acceptors (Lipinski definition) is 8. The molecule has 0 radical (unpaired) electrons. The van der Waals surface area contributed by atoms with Crippen molar-refractivity contribution in [1.82, 2.24) is 9.62 Å². The number of nitrogens with two attached hydrogens (primary N) is 1. The molecule has 2 rings (SSSR count). The first-order chi connectivity index (χ1) is 18.7. The van der Waals surface area contributed by atoms with Crippen molar-refractivity contribution in [3.05, 3.63) is 65.7 Å². The Balaban J connectivity index is 2.36. The number of methoxy groups -OCH3 is 1. The van der Waals surface area contributed by atoms with Gasteiger partial charge in [-0.25, -0.2) is 21.6 Å². The predicted octanol–water partition coefficient (Wildman–Crippen LogP) is 1.58. The maximum atomic E-state index is 13.9. The number of carbonyl (C=O) groups is 1. The fourth-order valence-corrected chi connectivity index (χ4v) is 6.79. The summed E-state index contributed by atoms with van der Waals surface area (Å²) in [7, 11) is -5.87. The zero-order valence-corrected chi connectivity index (χ0v) is 25.3. The Morgan fingerprint density at radius 1 is 1.02 bits per heavy atom. The van der Waals surface area contributed by atoms with Crippen LogP contribution < -0.4 is 15.2 Å². The summed E-state index contributed by atoms with van der Waals surface area (Å²) in [5, 5.41) is 11.0. The molecular formula is C28H43N3O7S2. The van der Waals surface area contributed by atoms with Crippen LogP contribution in [0.3, 0.4) is 0 Å². The monoisotopic (exact) mass is 597 g/mol. The first kappa shape index (κ1) is 33.7. The zero-order chi connectivity index (χ0) is 29.9. The van der Waals surface area contributed by atoms with Gasteiger partial charge in [-0.3, -0.25) is 4.79 Å². The molecule has 1 unspecified atom stereocenters. The average molecular weight is 598 g/mol. The summed E-state index contributed by atoms with van der Waals surface area (Å²) in [6.45, 7) is 4.45. The summed E-state index contributed by atoms with van der Waals surface area (Å²) in [5.41, 5.74) is 7.91. The molecule has 10 nitrogen and oxygen atoms in total. The standard InChI is InChI=1S/C28H43N3O7S2/c1-5-39(34,35)20-24(16-30-40(36,37)19-21(2)3)28(33)31(17-23-12-9-13-25(14-23)38-4)18-27(32)26(29)15-22-10-7-6-8-11-22/h6-14,21,24,26-27,30,32H,5,15-20,29H2,1-4H3/t24?,26-,27+/m0/s1. The summed E-state index contributed by atoms with van der Waals surface area (Å²) < 4.78 is 57.9. The number of sulfonamides is 1. The minimum Gasteiger partial charge on any atom is -0.497 e. The van der Waals surface area contributed by atoms with Crippen molar-refractivity contribution < 1.29 is 31.5 Å². The Hall–Kier alpha value is -2.51. The van der Waals surface area contributed by atoms with Crippen molar-refractivity contribution in [2.75, 3.05) is 37.5 Å². The van der Waals surface area contributed by atoms with Crippen molar-refractivity contribution in [2.24, 2.45) is 17.6 Å². The Morgan fingerprint density at radius 3 is 2.27 bits per heavy atom. The van der Waals surface area contributed by atoms with E-state index in [4.69, 9.17) is 10.5 Å². The minimum atomic E-state index is -3.74. The third kappa shape index (κ3) is 11.5. The van der Waals surface area contributed by atoms with Gasteiger partial charge in [-0.1, -0.05) is 63.2 Å². The van der Waals surface area contributed by atoms with E-state index < -0.39 is 49.6 Å². The summed E-state index contributed by atoms with van der Waals surface area (Å²) in [6, 6.07) is 15.7. The lowest BCUT2D eigenvalue weighted by Gasteiger charge is -2.31. The molecule has 12 heteroatoms. The normalized spacial score (nSPS) is 14.5. The van der Waals surface area contributed by atoms with E-state index >= 15 is 0 Å². The van der Waals surface area contributed by atoms with Crippen LogP contribution in [0.1, 0.15) is 31.9 Å². The second-order valence-electron chi connectivity index (χ2n) is 10.4. The molecule has 40 heavy (non-hydrogen) atoms. The number of nitrogens with zero attached hydrogens (tertiary/aromatic N) is 1. The highest BCUT2D eigenvalue weighted by molar-refractivity contribution is 7.91. The maximum Gasteiger partial charge on any atom is 0.228 e. The van der Waals surface area contributed by atoms with Crippen molar-refractivity contribution in [3.63, 3.8) is 0 Å². The van der Waals surface area contributed by atoms with Crippen molar-refractivity contribution in [3.8, 4) is 5.75 Å². The fraction of sp³-hybridized carbons (Fsp3) is 0.536. The molecule has 0 heterocycles. The third-order valence-corrected chi connectivity index (χ3v) is 9.88. The molecule has 0 fully saturated rings. The molecule has 1 amide bonds. The van der Waals surface area contributed by atoms with Crippen LogP contribution >= 0.6 is 0 Å². The van der Waals surface area contributed by atoms with Gasteiger partial charge in [0.25, 0.3) is 0 Å². The van der Waals surface area contributed by atoms with Crippen LogP contribution in [0, 0.1) is 11.8 Å². The zero-order valence-electron chi connectivity index (χ0n) is 23.7. The number of ether oxygens (including phenoxy) is 1. The van der Waals surface area contributed by atoms with Gasteiger partial charge in [-0.15, -0.1) is 0 Å². The van der Waals surface area contributed by atoms with Crippen molar-refractivity contribution in [1.29, 1.82) is 0 Å². The molecule has 0 aliphatic rings.